The van der Waals surface area contributed by atoms with E-state index in [2.05, 4.69) is 26.0 Å². The normalized spacial score (nSPS) is 10.7. The molecule has 3 aromatic rings. The first-order valence-corrected chi connectivity index (χ1v) is 8.54. The third-order valence-corrected chi connectivity index (χ3v) is 4.00. The van der Waals surface area contributed by atoms with E-state index in [1.54, 1.807) is 51.6 Å². The average Bonchev–Trinajstić information content (AvgIpc) is 3.09. The van der Waals surface area contributed by atoms with Crippen molar-refractivity contribution >= 4 is 23.6 Å². The number of nitrogens with one attached hydrogen (secondary N) is 3. The molecule has 0 unspecified atom stereocenters. The predicted molar refractivity (Wildman–Crippen MR) is 108 cm³/mol. The van der Waals surface area contributed by atoms with Gasteiger partial charge in [0, 0.05) is 17.4 Å². The molecule has 8 heteroatoms. The van der Waals surface area contributed by atoms with Crippen LogP contribution in [-0.4, -0.2) is 36.5 Å². The van der Waals surface area contributed by atoms with Crippen molar-refractivity contribution in [3.63, 3.8) is 0 Å². The summed E-state index contributed by atoms with van der Waals surface area (Å²) in [4.78, 5) is 12.7. The molecule has 28 heavy (non-hydrogen) atoms. The fourth-order valence-corrected chi connectivity index (χ4v) is 2.54. The SMILES string of the molecule is COc1ccc(/C=N/Nc2n[nH]c(C)c2C(=O)Nc2cccc(OC)c2)cc1. The van der Waals surface area contributed by atoms with Crippen molar-refractivity contribution in [3.8, 4) is 11.5 Å². The van der Waals surface area contributed by atoms with Crippen molar-refractivity contribution in [1.29, 1.82) is 0 Å². The minimum Gasteiger partial charge on any atom is -0.497 e. The fourth-order valence-electron chi connectivity index (χ4n) is 2.54. The Labute approximate surface area is 162 Å². The molecule has 0 aliphatic rings. The second kappa shape index (κ2) is 8.72. The van der Waals surface area contributed by atoms with E-state index in [0.29, 0.717) is 28.5 Å². The van der Waals surface area contributed by atoms with E-state index in [-0.39, 0.29) is 5.91 Å². The first kappa shape index (κ1) is 19.0. The molecule has 0 aliphatic heterocycles. The summed E-state index contributed by atoms with van der Waals surface area (Å²) in [6.45, 7) is 1.77. The molecule has 3 N–H and O–H groups in total. The smallest absolute Gasteiger partial charge is 0.261 e. The minimum atomic E-state index is -0.304. The maximum Gasteiger partial charge on any atom is 0.261 e. The zero-order valence-electron chi connectivity index (χ0n) is 15.8. The van der Waals surface area contributed by atoms with Crippen LogP contribution < -0.4 is 20.2 Å². The van der Waals surface area contributed by atoms with Crippen LogP contribution in [0.3, 0.4) is 0 Å². The average molecular weight is 379 g/mol. The summed E-state index contributed by atoms with van der Waals surface area (Å²) in [5, 5.41) is 13.9. The number of rotatable bonds is 7. The molecule has 1 aromatic heterocycles. The lowest BCUT2D eigenvalue weighted by molar-refractivity contribution is 0.102. The van der Waals surface area contributed by atoms with Crippen LogP contribution in [0.1, 0.15) is 21.6 Å². The number of benzene rings is 2. The molecule has 0 aliphatic carbocycles. The van der Waals surface area contributed by atoms with Gasteiger partial charge in [-0.05, 0) is 48.9 Å². The Morgan fingerprint density at radius 2 is 1.86 bits per heavy atom. The molecule has 0 saturated carbocycles. The Kier molecular flexibility index (Phi) is 5.91. The summed E-state index contributed by atoms with van der Waals surface area (Å²) in [5.74, 6) is 1.46. The Morgan fingerprint density at radius 1 is 1.11 bits per heavy atom. The van der Waals surface area contributed by atoms with Gasteiger partial charge in [0.05, 0.1) is 20.4 Å². The number of hydrogen-bond donors (Lipinski definition) is 3. The van der Waals surface area contributed by atoms with Gasteiger partial charge in [-0.25, -0.2) is 0 Å². The lowest BCUT2D eigenvalue weighted by Crippen LogP contribution is -2.14. The van der Waals surface area contributed by atoms with Gasteiger partial charge >= 0.3 is 0 Å². The van der Waals surface area contributed by atoms with Crippen molar-refractivity contribution in [2.45, 2.75) is 6.92 Å². The number of hydrogen-bond acceptors (Lipinski definition) is 6. The first-order chi connectivity index (χ1) is 13.6. The van der Waals surface area contributed by atoms with Gasteiger partial charge in [-0.1, -0.05) is 6.07 Å². The van der Waals surface area contributed by atoms with Crippen LogP contribution in [0.5, 0.6) is 11.5 Å². The molecular weight excluding hydrogens is 358 g/mol. The second-order valence-corrected chi connectivity index (χ2v) is 5.90. The molecule has 1 amide bonds. The van der Waals surface area contributed by atoms with Gasteiger partial charge in [0.1, 0.15) is 17.1 Å². The van der Waals surface area contributed by atoms with Crippen LogP contribution in [0.4, 0.5) is 11.5 Å². The molecule has 0 spiro atoms. The molecule has 0 atom stereocenters. The highest BCUT2D eigenvalue weighted by atomic mass is 16.5. The van der Waals surface area contributed by atoms with E-state index >= 15 is 0 Å². The number of nitrogens with zero attached hydrogens (tertiary/aromatic N) is 2. The third kappa shape index (κ3) is 4.47. The number of aromatic amines is 1. The van der Waals surface area contributed by atoms with E-state index in [4.69, 9.17) is 9.47 Å². The summed E-state index contributed by atoms with van der Waals surface area (Å²) in [7, 11) is 3.19. The molecule has 0 saturated heterocycles. The zero-order chi connectivity index (χ0) is 19.9. The molecule has 0 radical (unpaired) electrons. The van der Waals surface area contributed by atoms with E-state index in [1.165, 1.54) is 0 Å². The van der Waals surface area contributed by atoms with Crippen molar-refractivity contribution in [2.75, 3.05) is 25.0 Å². The molecule has 0 bridgehead atoms. The van der Waals surface area contributed by atoms with Crippen LogP contribution >= 0.6 is 0 Å². The van der Waals surface area contributed by atoms with Crippen molar-refractivity contribution in [1.82, 2.24) is 10.2 Å². The van der Waals surface area contributed by atoms with Crippen LogP contribution in [0.15, 0.2) is 53.6 Å². The maximum absolute atomic E-state index is 12.7. The number of carbonyl (C=O) groups excluding carboxylic acids is 1. The van der Waals surface area contributed by atoms with Crippen molar-refractivity contribution < 1.29 is 14.3 Å². The molecule has 2 aromatic carbocycles. The first-order valence-electron chi connectivity index (χ1n) is 8.54. The van der Waals surface area contributed by atoms with Crippen molar-refractivity contribution in [3.05, 3.63) is 65.4 Å². The minimum absolute atomic E-state index is 0.304. The number of amides is 1. The Morgan fingerprint density at radius 3 is 2.57 bits per heavy atom. The Hall–Kier alpha value is -3.81. The molecule has 1 heterocycles. The van der Waals surface area contributed by atoms with E-state index in [9.17, 15) is 4.79 Å². The molecule has 8 nitrogen and oxygen atoms in total. The van der Waals surface area contributed by atoms with E-state index in [0.717, 1.165) is 11.3 Å². The number of carbonyl (C=O) groups is 1. The summed E-state index contributed by atoms with van der Waals surface area (Å²) >= 11 is 0. The second-order valence-electron chi connectivity index (χ2n) is 5.90. The quantitative estimate of drug-likeness (QED) is 0.431. The highest BCUT2D eigenvalue weighted by molar-refractivity contribution is 6.08. The number of aryl methyl sites for hydroxylation is 1. The van der Waals surface area contributed by atoms with Crippen LogP contribution in [0.2, 0.25) is 0 Å². The molecule has 3 rings (SSSR count). The number of ether oxygens (including phenoxy) is 2. The Balaban J connectivity index is 1.71. The monoisotopic (exact) mass is 379 g/mol. The van der Waals surface area contributed by atoms with Crippen LogP contribution in [0, 0.1) is 6.92 Å². The van der Waals surface area contributed by atoms with Gasteiger partial charge in [-0.3, -0.25) is 15.3 Å². The Bertz CT molecular complexity index is 980. The van der Waals surface area contributed by atoms with Gasteiger partial charge in [0.15, 0.2) is 5.82 Å². The number of anilines is 2. The van der Waals surface area contributed by atoms with Gasteiger partial charge in [-0.2, -0.15) is 10.2 Å². The summed E-state index contributed by atoms with van der Waals surface area (Å²) in [6, 6.07) is 14.5. The molecular formula is C20H21N5O3. The third-order valence-electron chi connectivity index (χ3n) is 4.00. The molecule has 144 valence electrons. The molecule has 0 fully saturated rings. The highest BCUT2D eigenvalue weighted by Crippen LogP contribution is 2.21. The largest absolute Gasteiger partial charge is 0.497 e. The lowest BCUT2D eigenvalue weighted by Gasteiger charge is -2.07. The van der Waals surface area contributed by atoms with E-state index < -0.39 is 0 Å². The lowest BCUT2D eigenvalue weighted by atomic mass is 10.2. The number of aromatic nitrogens is 2. The fraction of sp³-hybridized carbons (Fsp3) is 0.150. The summed E-state index contributed by atoms with van der Waals surface area (Å²) in [6.07, 6.45) is 1.63. The number of methoxy groups -OCH3 is 2. The van der Waals surface area contributed by atoms with Gasteiger partial charge in [-0.15, -0.1) is 0 Å². The zero-order valence-corrected chi connectivity index (χ0v) is 15.8. The standard InChI is InChI=1S/C20H21N5O3/c1-13-18(20(26)22-15-5-4-6-17(11-15)28-3)19(25-23-13)24-21-12-14-7-9-16(27-2)10-8-14/h4-12H,1-3H3,(H,22,26)(H2,23,24,25)/b21-12+. The van der Waals surface area contributed by atoms with E-state index in [1.807, 2.05) is 24.3 Å². The highest BCUT2D eigenvalue weighted by Gasteiger charge is 2.18. The van der Waals surface area contributed by atoms with Gasteiger partial charge < -0.3 is 14.8 Å². The number of H-pyrrole nitrogens is 1. The topological polar surface area (TPSA) is 101 Å². The van der Waals surface area contributed by atoms with Crippen LogP contribution in [-0.2, 0) is 0 Å². The summed E-state index contributed by atoms with van der Waals surface area (Å²) < 4.78 is 10.3. The summed E-state index contributed by atoms with van der Waals surface area (Å²) in [5.41, 5.74) is 5.32. The maximum atomic E-state index is 12.7. The number of hydrazone groups is 1. The predicted octanol–water partition coefficient (Wildman–Crippen LogP) is 3.43. The van der Waals surface area contributed by atoms with Gasteiger partial charge in [0.2, 0.25) is 0 Å². The van der Waals surface area contributed by atoms with Gasteiger partial charge in [0.25, 0.3) is 5.91 Å². The van der Waals surface area contributed by atoms with Crippen molar-refractivity contribution in [2.24, 2.45) is 5.10 Å². The van der Waals surface area contributed by atoms with Crippen LogP contribution in [0.25, 0.3) is 0 Å².